The minimum absolute atomic E-state index is 0.173. The van der Waals surface area contributed by atoms with Gasteiger partial charge in [-0.2, -0.15) is 5.10 Å². The van der Waals surface area contributed by atoms with E-state index in [9.17, 15) is 0 Å². The van der Waals surface area contributed by atoms with Crippen LogP contribution in [0.2, 0.25) is 0 Å². The number of allylic oxidation sites excluding steroid dienone is 1. The molecule has 0 spiro atoms. The molecule has 2 nitrogen and oxygen atoms in total. The average molecular weight is 441 g/mol. The van der Waals surface area contributed by atoms with E-state index in [2.05, 4.69) is 124 Å². The van der Waals surface area contributed by atoms with Gasteiger partial charge in [0, 0.05) is 11.3 Å². The van der Waals surface area contributed by atoms with Crippen molar-refractivity contribution in [3.8, 4) is 0 Å². The molecule has 1 heterocycles. The summed E-state index contributed by atoms with van der Waals surface area (Å²) < 4.78 is 0. The van der Waals surface area contributed by atoms with E-state index >= 15 is 0 Å². The van der Waals surface area contributed by atoms with Crippen LogP contribution in [0, 0.1) is 0 Å². The molecule has 0 aromatic heterocycles. The Morgan fingerprint density at radius 1 is 0.906 bits per heavy atom. The van der Waals surface area contributed by atoms with Gasteiger partial charge in [-0.3, -0.25) is 5.01 Å². The normalized spacial score (nSPS) is 16.6. The number of para-hydroxylation sites is 1. The second-order valence-corrected chi connectivity index (χ2v) is 10.5. The van der Waals surface area contributed by atoms with Gasteiger partial charge in [0.1, 0.15) is 0 Å². The highest BCUT2D eigenvalue weighted by Gasteiger charge is 2.28. The van der Waals surface area contributed by atoms with Crippen molar-refractivity contribution in [2.24, 2.45) is 5.10 Å². The zero-order valence-electron chi connectivity index (χ0n) is 19.5. The zero-order chi connectivity index (χ0) is 22.6. The van der Waals surface area contributed by atoms with Gasteiger partial charge in [-0.1, -0.05) is 88.4 Å². The third kappa shape index (κ3) is 5.34. The molecule has 1 unspecified atom stereocenters. The van der Waals surface area contributed by atoms with E-state index in [1.807, 2.05) is 11.8 Å². The minimum Gasteiger partial charge on any atom is -0.257 e. The van der Waals surface area contributed by atoms with Crippen LogP contribution in [0.1, 0.15) is 56.8 Å². The first-order valence-corrected chi connectivity index (χ1v) is 12.4. The molecule has 0 saturated heterocycles. The van der Waals surface area contributed by atoms with Gasteiger partial charge in [-0.15, -0.1) is 11.8 Å². The highest BCUT2D eigenvalue weighted by Crippen LogP contribution is 2.36. The maximum absolute atomic E-state index is 5.00. The Balaban J connectivity index is 1.57. The first kappa shape index (κ1) is 22.4. The Kier molecular flexibility index (Phi) is 6.86. The second-order valence-electron chi connectivity index (χ2n) is 9.20. The predicted molar refractivity (Wildman–Crippen MR) is 141 cm³/mol. The van der Waals surface area contributed by atoms with Crippen LogP contribution >= 0.6 is 11.8 Å². The van der Waals surface area contributed by atoms with Gasteiger partial charge in [0.25, 0.3) is 0 Å². The molecule has 1 atom stereocenters. The van der Waals surface area contributed by atoms with E-state index in [1.165, 1.54) is 21.6 Å². The monoisotopic (exact) mass is 440 g/mol. The molecule has 0 saturated carbocycles. The SMILES string of the molecule is CCSc1ccc(C2CC(C=Cc3ccc(C(C)(C)C)cc3)=NN2c2ccccc2)cc1. The van der Waals surface area contributed by atoms with Gasteiger partial charge in [0.15, 0.2) is 0 Å². The molecule has 1 aliphatic heterocycles. The van der Waals surface area contributed by atoms with Crippen molar-refractivity contribution in [3.63, 3.8) is 0 Å². The third-order valence-corrected chi connectivity index (χ3v) is 6.67. The van der Waals surface area contributed by atoms with Crippen molar-refractivity contribution >= 4 is 29.2 Å². The number of benzene rings is 3. The summed E-state index contributed by atoms with van der Waals surface area (Å²) in [5.74, 6) is 1.09. The summed E-state index contributed by atoms with van der Waals surface area (Å²) in [5, 5.41) is 7.18. The predicted octanol–water partition coefficient (Wildman–Crippen LogP) is 8.12. The largest absolute Gasteiger partial charge is 0.257 e. The van der Waals surface area contributed by atoms with Crippen LogP contribution in [-0.2, 0) is 5.41 Å². The Hall–Kier alpha value is -2.78. The van der Waals surface area contributed by atoms with E-state index in [0.717, 1.165) is 23.6 Å². The number of hydrogen-bond donors (Lipinski definition) is 0. The quantitative estimate of drug-likeness (QED) is 0.360. The van der Waals surface area contributed by atoms with Crippen LogP contribution < -0.4 is 5.01 Å². The summed E-state index contributed by atoms with van der Waals surface area (Å²) in [7, 11) is 0. The van der Waals surface area contributed by atoms with Crippen molar-refractivity contribution < 1.29 is 0 Å². The molecule has 3 aromatic rings. The van der Waals surface area contributed by atoms with Gasteiger partial charge >= 0.3 is 0 Å². The molecule has 0 amide bonds. The van der Waals surface area contributed by atoms with E-state index in [-0.39, 0.29) is 11.5 Å². The summed E-state index contributed by atoms with van der Waals surface area (Å²) in [6.45, 7) is 8.93. The van der Waals surface area contributed by atoms with Crippen LogP contribution in [0.4, 0.5) is 5.69 Å². The Morgan fingerprint density at radius 3 is 2.22 bits per heavy atom. The number of thioether (sulfide) groups is 1. The summed E-state index contributed by atoms with van der Waals surface area (Å²) >= 11 is 1.88. The molecule has 0 N–H and O–H groups in total. The van der Waals surface area contributed by atoms with Gasteiger partial charge < -0.3 is 0 Å². The fourth-order valence-electron chi connectivity index (χ4n) is 3.95. The lowest BCUT2D eigenvalue weighted by atomic mass is 9.87. The van der Waals surface area contributed by atoms with E-state index < -0.39 is 0 Å². The molecular formula is C29H32N2S. The molecule has 3 heteroatoms. The highest BCUT2D eigenvalue weighted by atomic mass is 32.2. The van der Waals surface area contributed by atoms with Crippen LogP contribution in [0.15, 0.2) is 94.9 Å². The summed E-state index contributed by atoms with van der Waals surface area (Å²) in [5.41, 5.74) is 6.26. The fraction of sp³-hybridized carbons (Fsp3) is 0.276. The number of nitrogens with zero attached hydrogens (tertiary/aromatic N) is 2. The first-order valence-electron chi connectivity index (χ1n) is 11.4. The maximum atomic E-state index is 5.00. The number of rotatable bonds is 6. The molecule has 0 bridgehead atoms. The third-order valence-electron chi connectivity index (χ3n) is 5.78. The molecule has 32 heavy (non-hydrogen) atoms. The molecule has 164 valence electrons. The van der Waals surface area contributed by atoms with Crippen molar-refractivity contribution in [3.05, 3.63) is 102 Å². The van der Waals surface area contributed by atoms with Crippen LogP contribution in [0.25, 0.3) is 6.08 Å². The molecule has 0 fully saturated rings. The number of hydrazone groups is 1. The topological polar surface area (TPSA) is 15.6 Å². The summed E-state index contributed by atoms with van der Waals surface area (Å²) in [6.07, 6.45) is 5.24. The standard InChI is InChI=1S/C29H32N2S/c1-5-32-27-19-14-23(15-20-27)28-21-25(30-31(28)26-9-7-6-8-10-26)18-13-22-11-16-24(17-12-22)29(2,3)4/h6-20,28H,5,21H2,1-4H3. The van der Waals surface area contributed by atoms with Gasteiger partial charge in [-0.05, 0) is 58.2 Å². The van der Waals surface area contributed by atoms with E-state index in [4.69, 9.17) is 5.10 Å². The minimum atomic E-state index is 0.173. The second kappa shape index (κ2) is 9.79. The van der Waals surface area contributed by atoms with Crippen LogP contribution in [-0.4, -0.2) is 11.5 Å². The smallest absolute Gasteiger partial charge is 0.0831 e. The molecule has 0 radical (unpaired) electrons. The molecule has 0 aliphatic carbocycles. The van der Waals surface area contributed by atoms with E-state index in [0.29, 0.717) is 0 Å². The lowest BCUT2D eigenvalue weighted by Gasteiger charge is -2.24. The zero-order valence-corrected chi connectivity index (χ0v) is 20.3. The van der Waals surface area contributed by atoms with Crippen molar-refractivity contribution in [2.45, 2.75) is 50.5 Å². The van der Waals surface area contributed by atoms with Gasteiger partial charge in [0.05, 0.1) is 17.4 Å². The Morgan fingerprint density at radius 2 is 1.59 bits per heavy atom. The van der Waals surface area contributed by atoms with Crippen molar-refractivity contribution in [2.75, 3.05) is 10.8 Å². The molecule has 1 aliphatic rings. The Bertz CT molecular complexity index is 1070. The average Bonchev–Trinajstić information content (AvgIpc) is 3.23. The first-order chi connectivity index (χ1) is 15.4. The lowest BCUT2D eigenvalue weighted by molar-refractivity contribution is 0.590. The van der Waals surface area contributed by atoms with E-state index in [1.54, 1.807) is 0 Å². The van der Waals surface area contributed by atoms with Gasteiger partial charge in [-0.25, -0.2) is 0 Å². The maximum Gasteiger partial charge on any atom is 0.0831 e. The van der Waals surface area contributed by atoms with Crippen LogP contribution in [0.5, 0.6) is 0 Å². The Labute approximate surface area is 197 Å². The summed E-state index contributed by atoms with van der Waals surface area (Å²) in [6, 6.07) is 28.5. The lowest BCUT2D eigenvalue weighted by Crippen LogP contribution is -2.18. The highest BCUT2D eigenvalue weighted by molar-refractivity contribution is 7.99. The molecule has 3 aromatic carbocycles. The number of hydrogen-bond acceptors (Lipinski definition) is 3. The molecular weight excluding hydrogens is 408 g/mol. The van der Waals surface area contributed by atoms with Crippen molar-refractivity contribution in [1.29, 1.82) is 0 Å². The summed E-state index contributed by atoms with van der Waals surface area (Å²) in [4.78, 5) is 1.32. The fourth-order valence-corrected chi connectivity index (χ4v) is 4.61. The molecule has 4 rings (SSSR count). The number of anilines is 1. The van der Waals surface area contributed by atoms with Gasteiger partial charge in [0.2, 0.25) is 0 Å². The van der Waals surface area contributed by atoms with Crippen molar-refractivity contribution in [1.82, 2.24) is 0 Å². The van der Waals surface area contributed by atoms with Crippen LogP contribution in [0.3, 0.4) is 0 Å².